The third kappa shape index (κ3) is 8.69. The van der Waals surface area contributed by atoms with Crippen LogP contribution in [0.1, 0.15) is 59.9 Å². The Morgan fingerprint density at radius 2 is 1.46 bits per heavy atom. The van der Waals surface area contributed by atoms with Crippen molar-refractivity contribution < 1.29 is 22.4 Å². The molecule has 0 bridgehead atoms. The van der Waals surface area contributed by atoms with Gasteiger partial charge in [-0.25, -0.2) is 12.8 Å². The number of carbonyl (C=O) groups is 2. The number of nitrogens with zero attached hydrogens (tertiary/aromatic N) is 2. The summed E-state index contributed by atoms with van der Waals surface area (Å²) in [5.41, 5.74) is 4.41. The van der Waals surface area contributed by atoms with E-state index < -0.39 is 34.3 Å². The van der Waals surface area contributed by atoms with Gasteiger partial charge in [0.15, 0.2) is 0 Å². The molecule has 7 nitrogen and oxygen atoms in total. The van der Waals surface area contributed by atoms with Gasteiger partial charge in [0.25, 0.3) is 10.0 Å². The Bertz CT molecular complexity index is 1810. The van der Waals surface area contributed by atoms with Crippen LogP contribution in [0.25, 0.3) is 0 Å². The fourth-order valence-corrected chi connectivity index (χ4v) is 7.80. The van der Waals surface area contributed by atoms with Crippen LogP contribution in [0, 0.1) is 26.6 Å². The second-order valence-corrected chi connectivity index (χ2v) is 14.7. The summed E-state index contributed by atoms with van der Waals surface area (Å²) in [4.78, 5) is 30.4. The van der Waals surface area contributed by atoms with Crippen LogP contribution in [0.15, 0.2) is 102 Å². The van der Waals surface area contributed by atoms with Gasteiger partial charge in [-0.1, -0.05) is 97.1 Å². The van der Waals surface area contributed by atoms with Crippen LogP contribution >= 0.6 is 0 Å². The van der Waals surface area contributed by atoms with Crippen molar-refractivity contribution in [1.82, 2.24) is 10.2 Å². The second kappa shape index (κ2) is 15.6. The molecule has 0 radical (unpaired) electrons. The van der Waals surface area contributed by atoms with Crippen molar-refractivity contribution in [3.8, 4) is 0 Å². The Kier molecular flexibility index (Phi) is 11.3. The standard InChI is InChI=1S/C39H44FN3O4S/c1-28-14-21-35(22-15-28)48(46,47)43(36-23-16-29(2)24-30(36)3)27-38(44)42(26-32-17-19-33(40)20-18-32)37(25-31-10-6-4-7-11-31)39(45)41-34-12-8-5-9-13-34/h4,6-7,10-11,14-24,34,37H,5,8-9,12-13,25-27H2,1-3H3,(H,41,45)/t37-/m0/s1. The molecular weight excluding hydrogens is 626 g/mol. The first-order chi connectivity index (χ1) is 23.0. The third-order valence-corrected chi connectivity index (χ3v) is 10.8. The largest absolute Gasteiger partial charge is 0.352 e. The average Bonchev–Trinajstić information content (AvgIpc) is 3.07. The molecule has 1 atom stereocenters. The van der Waals surface area contributed by atoms with Crippen LogP contribution in [0.5, 0.6) is 0 Å². The maximum atomic E-state index is 14.7. The number of carbonyl (C=O) groups excluding carboxylic acids is 2. The van der Waals surface area contributed by atoms with Crippen LogP contribution in [0.4, 0.5) is 10.1 Å². The lowest BCUT2D eigenvalue weighted by Gasteiger charge is -2.35. The summed E-state index contributed by atoms with van der Waals surface area (Å²) >= 11 is 0. The number of rotatable bonds is 12. The summed E-state index contributed by atoms with van der Waals surface area (Å²) in [5.74, 6) is -1.26. The van der Waals surface area contributed by atoms with E-state index in [0.29, 0.717) is 16.8 Å². The molecule has 1 N–H and O–H groups in total. The summed E-state index contributed by atoms with van der Waals surface area (Å²) in [6.07, 6.45) is 5.12. The zero-order valence-corrected chi connectivity index (χ0v) is 28.7. The van der Waals surface area contributed by atoms with Crippen molar-refractivity contribution in [3.63, 3.8) is 0 Å². The molecule has 0 aliphatic heterocycles. The number of benzene rings is 4. The van der Waals surface area contributed by atoms with Gasteiger partial charge in [0.2, 0.25) is 11.8 Å². The van der Waals surface area contributed by atoms with Gasteiger partial charge in [0.05, 0.1) is 10.6 Å². The van der Waals surface area contributed by atoms with E-state index in [1.165, 1.54) is 29.2 Å². The minimum absolute atomic E-state index is 0.000850. The number of amides is 2. The number of anilines is 1. The fraction of sp³-hybridized carbons (Fsp3) is 0.333. The Balaban J connectivity index is 1.58. The molecule has 2 amide bonds. The molecule has 4 aromatic rings. The Morgan fingerprint density at radius 3 is 2.10 bits per heavy atom. The number of aryl methyl sites for hydroxylation is 3. The summed E-state index contributed by atoms with van der Waals surface area (Å²) < 4.78 is 43.7. The zero-order chi connectivity index (χ0) is 34.3. The summed E-state index contributed by atoms with van der Waals surface area (Å²) in [7, 11) is -4.21. The number of nitrogens with one attached hydrogen (secondary N) is 1. The van der Waals surface area contributed by atoms with Crippen LogP contribution in [-0.2, 0) is 32.6 Å². The maximum Gasteiger partial charge on any atom is 0.264 e. The molecule has 0 aromatic heterocycles. The molecule has 0 heterocycles. The number of hydrogen-bond acceptors (Lipinski definition) is 4. The minimum Gasteiger partial charge on any atom is -0.352 e. The third-order valence-electron chi connectivity index (χ3n) is 9.00. The van der Waals surface area contributed by atoms with Crippen molar-refractivity contribution in [2.24, 2.45) is 0 Å². The lowest BCUT2D eigenvalue weighted by molar-refractivity contribution is -0.140. The molecule has 1 saturated carbocycles. The van der Waals surface area contributed by atoms with Crippen molar-refractivity contribution >= 4 is 27.5 Å². The predicted octanol–water partition coefficient (Wildman–Crippen LogP) is 7.04. The number of halogens is 1. The second-order valence-electron chi connectivity index (χ2n) is 12.8. The first-order valence-electron chi connectivity index (χ1n) is 16.6. The van der Waals surface area contributed by atoms with E-state index in [-0.39, 0.29) is 29.8 Å². The molecule has 252 valence electrons. The van der Waals surface area contributed by atoms with Crippen molar-refractivity contribution in [2.75, 3.05) is 10.8 Å². The van der Waals surface area contributed by atoms with E-state index in [2.05, 4.69) is 5.32 Å². The van der Waals surface area contributed by atoms with Gasteiger partial charge in [-0.2, -0.15) is 0 Å². The molecule has 1 aliphatic carbocycles. The fourth-order valence-electron chi connectivity index (χ4n) is 6.32. The van der Waals surface area contributed by atoms with Crippen LogP contribution in [-0.4, -0.2) is 43.8 Å². The SMILES string of the molecule is Cc1ccc(S(=O)(=O)N(CC(=O)N(Cc2ccc(F)cc2)[C@@H](Cc2ccccc2)C(=O)NC2CCCCC2)c2ccc(C)cc2C)cc1. The smallest absolute Gasteiger partial charge is 0.264 e. The Morgan fingerprint density at radius 1 is 0.812 bits per heavy atom. The monoisotopic (exact) mass is 669 g/mol. The summed E-state index contributed by atoms with van der Waals surface area (Å²) in [5, 5.41) is 3.21. The van der Waals surface area contributed by atoms with Gasteiger partial charge in [0, 0.05) is 19.0 Å². The van der Waals surface area contributed by atoms with Crippen LogP contribution < -0.4 is 9.62 Å². The van der Waals surface area contributed by atoms with Crippen molar-refractivity contribution in [2.45, 2.75) is 82.8 Å². The van der Waals surface area contributed by atoms with Crippen molar-refractivity contribution in [1.29, 1.82) is 0 Å². The van der Waals surface area contributed by atoms with Crippen molar-refractivity contribution in [3.05, 3.63) is 131 Å². The van der Waals surface area contributed by atoms with Gasteiger partial charge >= 0.3 is 0 Å². The van der Waals surface area contributed by atoms with Gasteiger partial charge in [0.1, 0.15) is 18.4 Å². The highest BCUT2D eigenvalue weighted by Crippen LogP contribution is 2.29. The molecule has 1 aliphatic rings. The highest BCUT2D eigenvalue weighted by Gasteiger charge is 2.36. The molecule has 48 heavy (non-hydrogen) atoms. The molecular formula is C39H44FN3O4S. The van der Waals surface area contributed by atoms with E-state index in [1.54, 1.807) is 30.3 Å². The molecule has 9 heteroatoms. The highest BCUT2D eigenvalue weighted by atomic mass is 32.2. The molecule has 1 fully saturated rings. The lowest BCUT2D eigenvalue weighted by Crippen LogP contribution is -2.55. The van der Waals surface area contributed by atoms with E-state index in [0.717, 1.165) is 53.1 Å². The topological polar surface area (TPSA) is 86.8 Å². The lowest BCUT2D eigenvalue weighted by atomic mass is 9.94. The van der Waals surface area contributed by atoms with Gasteiger partial charge in [-0.15, -0.1) is 0 Å². The summed E-state index contributed by atoms with van der Waals surface area (Å²) in [6.45, 7) is 5.06. The first-order valence-corrected chi connectivity index (χ1v) is 18.0. The van der Waals surface area contributed by atoms with Crippen LogP contribution in [0.2, 0.25) is 0 Å². The highest BCUT2D eigenvalue weighted by molar-refractivity contribution is 7.92. The van der Waals surface area contributed by atoms with E-state index in [1.807, 2.05) is 63.2 Å². The molecule has 0 spiro atoms. The maximum absolute atomic E-state index is 14.7. The Labute approximate surface area is 283 Å². The first kappa shape index (κ1) is 34.8. The van der Waals surface area contributed by atoms with Gasteiger partial charge < -0.3 is 10.2 Å². The predicted molar refractivity (Wildman–Crippen MR) is 188 cm³/mol. The van der Waals surface area contributed by atoms with Gasteiger partial charge in [-0.05, 0) is 80.6 Å². The average molecular weight is 670 g/mol. The zero-order valence-electron chi connectivity index (χ0n) is 27.9. The van der Waals surface area contributed by atoms with E-state index in [4.69, 9.17) is 0 Å². The van der Waals surface area contributed by atoms with Gasteiger partial charge in [-0.3, -0.25) is 13.9 Å². The van der Waals surface area contributed by atoms with E-state index in [9.17, 15) is 22.4 Å². The normalized spacial score (nSPS) is 14.2. The number of sulfonamides is 1. The molecule has 4 aromatic carbocycles. The number of hydrogen-bond donors (Lipinski definition) is 1. The quantitative estimate of drug-likeness (QED) is 0.176. The van der Waals surface area contributed by atoms with E-state index >= 15 is 0 Å². The minimum atomic E-state index is -4.21. The van der Waals surface area contributed by atoms with Crippen LogP contribution in [0.3, 0.4) is 0 Å². The molecule has 5 rings (SSSR count). The Hall–Kier alpha value is -4.50. The molecule has 0 saturated heterocycles. The summed E-state index contributed by atoms with van der Waals surface area (Å²) in [6, 6.07) is 26.3. The molecule has 0 unspecified atom stereocenters.